The number of guanidine groups is 1. The van der Waals surface area contributed by atoms with Crippen LogP contribution in [0.15, 0.2) is 23.2 Å². The molecule has 1 heterocycles. The summed E-state index contributed by atoms with van der Waals surface area (Å²) in [6.45, 7) is 7.00. The quantitative estimate of drug-likeness (QED) is 0.414. The third-order valence-corrected chi connectivity index (χ3v) is 4.69. The number of piperidine rings is 1. The summed E-state index contributed by atoms with van der Waals surface area (Å²) in [5.74, 6) is 0.317. The summed E-state index contributed by atoms with van der Waals surface area (Å²) in [6, 6.07) is 6.81. The van der Waals surface area contributed by atoms with Crippen molar-refractivity contribution in [1.29, 1.82) is 5.26 Å². The van der Waals surface area contributed by atoms with Gasteiger partial charge in [-0.2, -0.15) is 5.26 Å². The molecule has 27 heavy (non-hydrogen) atoms. The molecule has 0 atom stereocenters. The zero-order valence-electron chi connectivity index (χ0n) is 16.3. The number of hydrogen-bond acceptors (Lipinski definition) is 4. The molecule has 0 aromatic heterocycles. The first-order valence-electron chi connectivity index (χ1n) is 9.61. The maximum absolute atomic E-state index is 14.0. The highest BCUT2D eigenvalue weighted by Gasteiger charge is 2.19. The molecule has 2 N–H and O–H groups in total. The molecule has 0 aliphatic carbocycles. The van der Waals surface area contributed by atoms with Gasteiger partial charge in [0, 0.05) is 51.5 Å². The number of hydrogen-bond donors (Lipinski definition) is 2. The Bertz CT molecular complexity index is 650. The molecule has 0 bridgehead atoms. The molecule has 1 aliphatic rings. The number of benzene rings is 1. The molecule has 0 unspecified atom stereocenters. The van der Waals surface area contributed by atoms with Gasteiger partial charge in [0.15, 0.2) is 5.96 Å². The Morgan fingerprint density at radius 2 is 2.19 bits per heavy atom. The van der Waals surface area contributed by atoms with Gasteiger partial charge in [-0.05, 0) is 38.3 Å². The van der Waals surface area contributed by atoms with Crippen molar-refractivity contribution in [2.75, 3.05) is 39.9 Å². The first-order chi connectivity index (χ1) is 13.2. The first-order valence-corrected chi connectivity index (χ1v) is 9.61. The zero-order valence-corrected chi connectivity index (χ0v) is 16.3. The average Bonchev–Trinajstić information content (AvgIpc) is 2.68. The number of rotatable bonds is 8. The van der Waals surface area contributed by atoms with Crippen LogP contribution < -0.4 is 10.6 Å². The second-order valence-corrected chi connectivity index (χ2v) is 6.72. The lowest BCUT2D eigenvalue weighted by atomic mass is 10.1. The normalized spacial score (nSPS) is 16.1. The Labute approximate surface area is 161 Å². The Hall–Kier alpha value is -2.17. The van der Waals surface area contributed by atoms with Gasteiger partial charge in [0.1, 0.15) is 5.82 Å². The zero-order chi connectivity index (χ0) is 19.5. The van der Waals surface area contributed by atoms with Crippen molar-refractivity contribution in [3.05, 3.63) is 35.1 Å². The molecular formula is C20H30FN5O. The van der Waals surface area contributed by atoms with Crippen molar-refractivity contribution >= 4 is 5.96 Å². The number of nitrogens with one attached hydrogen (secondary N) is 2. The van der Waals surface area contributed by atoms with E-state index in [0.717, 1.165) is 52.0 Å². The molecule has 0 spiro atoms. The number of nitrogens with zero attached hydrogens (tertiary/aromatic N) is 3. The minimum absolute atomic E-state index is 0.239. The molecule has 148 valence electrons. The highest BCUT2D eigenvalue weighted by molar-refractivity contribution is 5.80. The summed E-state index contributed by atoms with van der Waals surface area (Å²) >= 11 is 0. The van der Waals surface area contributed by atoms with E-state index in [1.54, 1.807) is 19.2 Å². The van der Waals surface area contributed by atoms with Gasteiger partial charge in [-0.3, -0.25) is 0 Å². The number of likely N-dealkylation sites (tertiary alicyclic amines) is 1. The molecule has 2 rings (SSSR count). The molecule has 6 nitrogen and oxygen atoms in total. The van der Waals surface area contributed by atoms with Crippen molar-refractivity contribution in [3.63, 3.8) is 0 Å². The molecule has 1 aromatic rings. The number of nitriles is 1. The number of methoxy groups -OCH3 is 1. The smallest absolute Gasteiger partial charge is 0.191 e. The van der Waals surface area contributed by atoms with Crippen molar-refractivity contribution < 1.29 is 9.13 Å². The fourth-order valence-electron chi connectivity index (χ4n) is 3.16. The molecule has 0 radical (unpaired) electrons. The van der Waals surface area contributed by atoms with Crippen LogP contribution in [-0.2, 0) is 11.3 Å². The van der Waals surface area contributed by atoms with Crippen LogP contribution in [0.3, 0.4) is 0 Å². The lowest BCUT2D eigenvalue weighted by Gasteiger charge is -2.33. The number of ether oxygens (including phenoxy) is 1. The monoisotopic (exact) mass is 375 g/mol. The van der Waals surface area contributed by atoms with Crippen LogP contribution in [0.25, 0.3) is 0 Å². The van der Waals surface area contributed by atoms with Gasteiger partial charge in [-0.1, -0.05) is 6.07 Å². The van der Waals surface area contributed by atoms with Gasteiger partial charge in [0.2, 0.25) is 0 Å². The Morgan fingerprint density at radius 1 is 1.41 bits per heavy atom. The topological polar surface area (TPSA) is 72.7 Å². The van der Waals surface area contributed by atoms with E-state index in [9.17, 15) is 4.39 Å². The van der Waals surface area contributed by atoms with E-state index in [1.165, 1.54) is 6.07 Å². The third-order valence-electron chi connectivity index (χ3n) is 4.69. The predicted molar refractivity (Wildman–Crippen MR) is 105 cm³/mol. The maximum Gasteiger partial charge on any atom is 0.191 e. The van der Waals surface area contributed by atoms with Gasteiger partial charge < -0.3 is 20.3 Å². The molecule has 1 aromatic carbocycles. The summed E-state index contributed by atoms with van der Waals surface area (Å²) in [7, 11) is 1.74. The molecule has 1 saturated heterocycles. The second kappa shape index (κ2) is 11.5. The summed E-state index contributed by atoms with van der Waals surface area (Å²) < 4.78 is 19.1. The van der Waals surface area contributed by atoms with Gasteiger partial charge in [-0.15, -0.1) is 0 Å². The summed E-state index contributed by atoms with van der Waals surface area (Å²) in [5.41, 5.74) is 0.807. The van der Waals surface area contributed by atoms with Crippen molar-refractivity contribution in [3.8, 4) is 6.07 Å². The number of aliphatic imine (C=N–C) groups is 1. The fraction of sp³-hybridized carbons (Fsp3) is 0.600. The van der Waals surface area contributed by atoms with E-state index >= 15 is 0 Å². The highest BCUT2D eigenvalue weighted by atomic mass is 19.1. The Balaban J connectivity index is 1.86. The minimum Gasteiger partial charge on any atom is -0.385 e. The van der Waals surface area contributed by atoms with Crippen LogP contribution in [0.1, 0.15) is 37.3 Å². The summed E-state index contributed by atoms with van der Waals surface area (Å²) in [6.07, 6.45) is 3.18. The second-order valence-electron chi connectivity index (χ2n) is 6.72. The van der Waals surface area contributed by atoms with E-state index in [4.69, 9.17) is 10.00 Å². The van der Waals surface area contributed by atoms with Crippen LogP contribution in [0.5, 0.6) is 0 Å². The van der Waals surface area contributed by atoms with Gasteiger partial charge in [0.25, 0.3) is 0 Å². The molecule has 7 heteroatoms. The lowest BCUT2D eigenvalue weighted by Crippen LogP contribution is -2.48. The maximum atomic E-state index is 14.0. The van der Waals surface area contributed by atoms with E-state index in [1.807, 2.05) is 13.0 Å². The van der Waals surface area contributed by atoms with Crippen LogP contribution in [0.4, 0.5) is 4.39 Å². The van der Waals surface area contributed by atoms with Crippen molar-refractivity contribution in [2.24, 2.45) is 4.99 Å². The molecule has 0 saturated carbocycles. The average molecular weight is 375 g/mol. The standard InChI is InChI=1S/C20H30FN5O/c1-3-23-20(24-15-17-6-5-16(14-22)13-19(17)21)25-18-7-10-26(11-8-18)9-4-12-27-2/h5-6,13,18H,3-4,7-12,15H2,1-2H3,(H2,23,24,25). The highest BCUT2D eigenvalue weighted by Crippen LogP contribution is 2.12. The Kier molecular flexibility index (Phi) is 9.02. The van der Waals surface area contributed by atoms with E-state index in [-0.39, 0.29) is 6.54 Å². The summed E-state index contributed by atoms with van der Waals surface area (Å²) in [5, 5.41) is 15.5. The fourth-order valence-corrected chi connectivity index (χ4v) is 3.16. The SMILES string of the molecule is CCNC(=NCc1ccc(C#N)cc1F)NC1CCN(CCCOC)CC1. The molecule has 1 fully saturated rings. The Morgan fingerprint density at radius 3 is 2.81 bits per heavy atom. The van der Waals surface area contributed by atoms with E-state index < -0.39 is 5.82 Å². The summed E-state index contributed by atoms with van der Waals surface area (Å²) in [4.78, 5) is 6.98. The van der Waals surface area contributed by atoms with Crippen LogP contribution in [0, 0.1) is 17.1 Å². The van der Waals surface area contributed by atoms with Crippen molar-refractivity contribution in [1.82, 2.24) is 15.5 Å². The van der Waals surface area contributed by atoms with E-state index in [2.05, 4.69) is 20.5 Å². The lowest BCUT2D eigenvalue weighted by molar-refractivity contribution is 0.155. The molecule has 0 amide bonds. The van der Waals surface area contributed by atoms with Crippen molar-refractivity contribution in [2.45, 2.75) is 38.8 Å². The van der Waals surface area contributed by atoms with Gasteiger partial charge in [0.05, 0.1) is 18.2 Å². The van der Waals surface area contributed by atoms with Crippen LogP contribution in [-0.4, -0.2) is 56.8 Å². The molecular weight excluding hydrogens is 345 g/mol. The minimum atomic E-state index is -0.391. The van der Waals surface area contributed by atoms with Crippen LogP contribution >= 0.6 is 0 Å². The number of halogens is 1. The molecule has 1 aliphatic heterocycles. The van der Waals surface area contributed by atoms with Gasteiger partial charge in [-0.25, -0.2) is 9.38 Å². The predicted octanol–water partition coefficient (Wildman–Crippen LogP) is 2.25. The van der Waals surface area contributed by atoms with E-state index in [0.29, 0.717) is 23.1 Å². The third kappa shape index (κ3) is 7.16. The largest absolute Gasteiger partial charge is 0.385 e. The van der Waals surface area contributed by atoms with Gasteiger partial charge >= 0.3 is 0 Å². The first kappa shape index (κ1) is 21.1. The van der Waals surface area contributed by atoms with Crippen LogP contribution in [0.2, 0.25) is 0 Å².